The highest BCUT2D eigenvalue weighted by molar-refractivity contribution is 7.49. The molecule has 4 aromatic heterocycles. The summed E-state index contributed by atoms with van der Waals surface area (Å²) in [6.07, 6.45) is 31.0. The van der Waals surface area contributed by atoms with Crippen LogP contribution in [0.4, 0.5) is 0 Å². The molecule has 0 aliphatic carbocycles. The Morgan fingerprint density at radius 3 is 1.00 bits per heavy atom. The van der Waals surface area contributed by atoms with Crippen LogP contribution in [0.3, 0.4) is 0 Å². The molecule has 4 rings (SSSR count). The van der Waals surface area contributed by atoms with Gasteiger partial charge in [-0.25, -0.2) is 0 Å². The number of hydrogen-bond donors (Lipinski definition) is 0. The molecule has 40 heavy (non-hydrogen) atoms. The fourth-order valence-electron chi connectivity index (χ4n) is 6.49. The first-order chi connectivity index (χ1) is 19.7. The van der Waals surface area contributed by atoms with Gasteiger partial charge in [0.05, 0.1) is 17.4 Å². The van der Waals surface area contributed by atoms with Gasteiger partial charge in [-0.2, -0.15) is 0 Å². The van der Waals surface area contributed by atoms with Gasteiger partial charge in [-0.1, -0.05) is 129 Å². The maximum Gasteiger partial charge on any atom is 0.0891 e. The van der Waals surface area contributed by atoms with Crippen LogP contribution in [-0.2, 0) is 12.8 Å². The van der Waals surface area contributed by atoms with Crippen molar-refractivity contribution in [3.8, 4) is 0 Å². The molecule has 4 heterocycles. The van der Waals surface area contributed by atoms with Gasteiger partial charge in [-0.05, 0) is 50.7 Å². The summed E-state index contributed by atoms with van der Waals surface area (Å²) < 4.78 is 6.43. The van der Waals surface area contributed by atoms with Gasteiger partial charge < -0.3 is 0 Å². The highest BCUT2D eigenvalue weighted by Crippen LogP contribution is 2.52. The van der Waals surface area contributed by atoms with E-state index in [1.165, 1.54) is 141 Å². The zero-order valence-corrected chi connectivity index (χ0v) is 29.5. The molecule has 0 nitrogen and oxygen atoms in total. The lowest BCUT2D eigenvalue weighted by molar-refractivity contribution is 0.556. The number of aryl methyl sites for hydroxylation is 4. The number of hydrogen-bond acceptors (Lipinski definition) is 4. The normalized spacial score (nSPS) is 12.2. The van der Waals surface area contributed by atoms with Crippen LogP contribution < -0.4 is 0 Å². The van der Waals surface area contributed by atoms with E-state index in [-0.39, 0.29) is 0 Å². The van der Waals surface area contributed by atoms with E-state index in [4.69, 9.17) is 0 Å². The van der Waals surface area contributed by atoms with Crippen LogP contribution in [0.25, 0.3) is 28.2 Å². The summed E-state index contributed by atoms with van der Waals surface area (Å²) in [6, 6.07) is 0. The summed E-state index contributed by atoms with van der Waals surface area (Å²) in [7, 11) is 0. The SMILES string of the molecule is CCCCCCCCCCCCc1c(C)sc2sc3c(sc4sc(C)c(CCCCCCCCCCCC)c43)c12. The molecule has 0 aliphatic heterocycles. The van der Waals surface area contributed by atoms with Crippen LogP contribution in [0.2, 0.25) is 0 Å². The molecule has 4 aromatic rings. The van der Waals surface area contributed by atoms with E-state index >= 15 is 0 Å². The summed E-state index contributed by atoms with van der Waals surface area (Å²) in [6.45, 7) is 9.38. The van der Waals surface area contributed by atoms with Gasteiger partial charge in [0, 0.05) is 20.5 Å². The van der Waals surface area contributed by atoms with Crippen molar-refractivity contribution in [2.45, 2.75) is 169 Å². The van der Waals surface area contributed by atoms with E-state index in [1.807, 2.05) is 0 Å². The predicted molar refractivity (Wildman–Crippen MR) is 191 cm³/mol. The molecule has 224 valence electrons. The predicted octanol–water partition coefficient (Wildman–Crippen LogP) is 14.9. The zero-order chi connectivity index (χ0) is 28.2. The third kappa shape index (κ3) is 8.80. The highest BCUT2D eigenvalue weighted by atomic mass is 32.2. The Bertz CT molecular complexity index is 1160. The number of thiophene rings is 4. The fourth-order valence-corrected chi connectivity index (χ4v) is 12.5. The van der Waals surface area contributed by atoms with Crippen LogP contribution in [-0.4, -0.2) is 0 Å². The fraction of sp³-hybridized carbons (Fsp3) is 0.722. The molecule has 0 unspecified atom stereocenters. The van der Waals surface area contributed by atoms with Crippen molar-refractivity contribution in [1.82, 2.24) is 0 Å². The Hall–Kier alpha value is -0.420. The van der Waals surface area contributed by atoms with E-state index in [1.54, 1.807) is 49.1 Å². The first-order valence-corrected chi connectivity index (χ1v) is 20.3. The van der Waals surface area contributed by atoms with Crippen LogP contribution in [0.1, 0.15) is 163 Å². The van der Waals surface area contributed by atoms with E-state index in [9.17, 15) is 0 Å². The largest absolute Gasteiger partial charge is 0.129 e. The Morgan fingerprint density at radius 1 is 0.375 bits per heavy atom. The van der Waals surface area contributed by atoms with Crippen molar-refractivity contribution in [3.05, 3.63) is 20.9 Å². The van der Waals surface area contributed by atoms with Crippen molar-refractivity contribution in [3.63, 3.8) is 0 Å². The lowest BCUT2D eigenvalue weighted by Gasteiger charge is -2.04. The first kappa shape index (κ1) is 32.5. The van der Waals surface area contributed by atoms with Gasteiger partial charge in [0.25, 0.3) is 0 Å². The average molecular weight is 617 g/mol. The maximum absolute atomic E-state index is 2.38. The maximum atomic E-state index is 2.38. The molecule has 0 spiro atoms. The van der Waals surface area contributed by atoms with Crippen molar-refractivity contribution < 1.29 is 0 Å². The summed E-state index contributed by atoms with van der Waals surface area (Å²) in [5.74, 6) is 0. The Kier molecular flexibility index (Phi) is 14.3. The van der Waals surface area contributed by atoms with Gasteiger partial charge in [0.15, 0.2) is 0 Å². The molecule has 0 fully saturated rings. The van der Waals surface area contributed by atoms with E-state index < -0.39 is 0 Å². The lowest BCUT2D eigenvalue weighted by atomic mass is 10.0. The molecular formula is C36H56S4. The number of rotatable bonds is 22. The van der Waals surface area contributed by atoms with E-state index in [2.05, 4.69) is 73.0 Å². The molecule has 0 atom stereocenters. The Morgan fingerprint density at radius 2 is 0.675 bits per heavy atom. The third-order valence-corrected chi connectivity index (χ3v) is 14.0. The number of fused-ring (bicyclic) bond motifs is 5. The standard InChI is InChI=1S/C36H56S4/c1-5-7-9-11-13-15-17-19-21-23-25-29-27(3)37-35-31(29)33-34(40-35)32-30(28(4)38-36(32)39-33)26-24-22-20-18-16-14-12-10-8-6-2/h5-26H2,1-4H3. The van der Waals surface area contributed by atoms with Crippen molar-refractivity contribution in [1.29, 1.82) is 0 Å². The number of unbranched alkanes of at least 4 members (excludes halogenated alkanes) is 18. The molecule has 0 aliphatic rings. The Balaban J connectivity index is 1.29. The van der Waals surface area contributed by atoms with Crippen molar-refractivity contribution >= 4 is 73.5 Å². The van der Waals surface area contributed by atoms with Gasteiger partial charge in [0.1, 0.15) is 0 Å². The van der Waals surface area contributed by atoms with Gasteiger partial charge >= 0.3 is 0 Å². The highest BCUT2D eigenvalue weighted by Gasteiger charge is 2.22. The monoisotopic (exact) mass is 616 g/mol. The molecule has 0 N–H and O–H groups in total. The molecule has 0 saturated heterocycles. The molecule has 0 radical (unpaired) electrons. The van der Waals surface area contributed by atoms with Gasteiger partial charge in [0.2, 0.25) is 0 Å². The second-order valence-corrected chi connectivity index (χ2v) is 17.3. The van der Waals surface area contributed by atoms with Gasteiger partial charge in [-0.3, -0.25) is 0 Å². The summed E-state index contributed by atoms with van der Waals surface area (Å²) in [5, 5.41) is 3.30. The van der Waals surface area contributed by atoms with Crippen LogP contribution >= 0.6 is 45.3 Å². The minimum absolute atomic E-state index is 1.28. The molecule has 0 aromatic carbocycles. The van der Waals surface area contributed by atoms with E-state index in [0.717, 1.165) is 0 Å². The van der Waals surface area contributed by atoms with Crippen LogP contribution in [0, 0.1) is 13.8 Å². The van der Waals surface area contributed by atoms with Crippen molar-refractivity contribution in [2.24, 2.45) is 0 Å². The minimum atomic E-state index is 1.28. The van der Waals surface area contributed by atoms with Crippen LogP contribution in [0.15, 0.2) is 0 Å². The zero-order valence-electron chi connectivity index (χ0n) is 26.2. The topological polar surface area (TPSA) is 0 Å². The average Bonchev–Trinajstić information content (AvgIpc) is 3.63. The summed E-state index contributed by atoms with van der Waals surface area (Å²) in [5.41, 5.74) is 3.38. The lowest BCUT2D eigenvalue weighted by Crippen LogP contribution is -1.88. The smallest absolute Gasteiger partial charge is 0.0891 e. The van der Waals surface area contributed by atoms with E-state index in [0.29, 0.717) is 0 Å². The molecular weight excluding hydrogens is 561 g/mol. The second kappa shape index (κ2) is 17.6. The third-order valence-electron chi connectivity index (χ3n) is 8.96. The molecule has 0 saturated carbocycles. The van der Waals surface area contributed by atoms with Crippen molar-refractivity contribution in [2.75, 3.05) is 0 Å². The quantitative estimate of drug-likeness (QED) is 0.0770. The van der Waals surface area contributed by atoms with Crippen LogP contribution in [0.5, 0.6) is 0 Å². The molecule has 4 heteroatoms. The first-order valence-electron chi connectivity index (χ1n) is 17.0. The van der Waals surface area contributed by atoms with Gasteiger partial charge in [-0.15, -0.1) is 45.3 Å². The molecule has 0 bridgehead atoms. The second-order valence-electron chi connectivity index (χ2n) is 12.3. The summed E-state index contributed by atoms with van der Waals surface area (Å²) >= 11 is 8.38. The summed E-state index contributed by atoms with van der Waals surface area (Å²) in [4.78, 5) is 3.16. The Labute approximate surface area is 262 Å². The minimum Gasteiger partial charge on any atom is -0.129 e. The molecule has 0 amide bonds.